The van der Waals surface area contributed by atoms with E-state index < -0.39 is 10.0 Å². The van der Waals surface area contributed by atoms with Crippen LogP contribution >= 0.6 is 0 Å². The van der Waals surface area contributed by atoms with E-state index in [9.17, 15) is 13.2 Å². The normalized spacial score (nSPS) is 17.0. The summed E-state index contributed by atoms with van der Waals surface area (Å²) in [6.07, 6.45) is 4.71. The van der Waals surface area contributed by atoms with E-state index in [2.05, 4.69) is 21.4 Å². The predicted molar refractivity (Wildman–Crippen MR) is 107 cm³/mol. The summed E-state index contributed by atoms with van der Waals surface area (Å²) in [7, 11) is -3.30. The van der Waals surface area contributed by atoms with Crippen molar-refractivity contribution in [3.63, 3.8) is 0 Å². The molecule has 1 aromatic heterocycles. The van der Waals surface area contributed by atoms with Crippen LogP contribution in [0, 0.1) is 0 Å². The number of hydrogen-bond donors (Lipinski definition) is 1. The van der Waals surface area contributed by atoms with E-state index in [0.717, 1.165) is 53.3 Å². The van der Waals surface area contributed by atoms with E-state index in [0.29, 0.717) is 12.1 Å². The van der Waals surface area contributed by atoms with Crippen molar-refractivity contribution in [2.24, 2.45) is 0 Å². The maximum atomic E-state index is 11.9. The number of rotatable bonds is 5. The zero-order valence-electron chi connectivity index (χ0n) is 15.2. The SMILES string of the molecule is CS(=O)(=O)NC1CCCc2c1c1ccccc1n2Cc1ccccc1C=O. The van der Waals surface area contributed by atoms with E-state index in [1.165, 1.54) is 6.26 Å². The summed E-state index contributed by atoms with van der Waals surface area (Å²) >= 11 is 0. The van der Waals surface area contributed by atoms with E-state index in [1.54, 1.807) is 0 Å². The molecule has 1 aliphatic carbocycles. The molecule has 4 rings (SSSR count). The molecule has 1 atom stereocenters. The van der Waals surface area contributed by atoms with Gasteiger partial charge in [-0.25, -0.2) is 13.1 Å². The average Bonchev–Trinajstić information content (AvgIpc) is 2.96. The lowest BCUT2D eigenvalue weighted by molar-refractivity contribution is 0.112. The van der Waals surface area contributed by atoms with Gasteiger partial charge in [0, 0.05) is 34.7 Å². The fraction of sp³-hybridized carbons (Fsp3) is 0.286. The molecule has 1 unspecified atom stereocenters. The number of benzene rings is 2. The fourth-order valence-electron chi connectivity index (χ4n) is 4.18. The molecule has 6 heteroatoms. The van der Waals surface area contributed by atoms with Gasteiger partial charge in [0.1, 0.15) is 6.29 Å². The molecular weight excluding hydrogens is 360 g/mol. The molecule has 1 aliphatic rings. The van der Waals surface area contributed by atoms with Crippen LogP contribution in [0.5, 0.6) is 0 Å². The van der Waals surface area contributed by atoms with E-state index in [1.807, 2.05) is 36.4 Å². The van der Waals surface area contributed by atoms with Gasteiger partial charge < -0.3 is 4.57 Å². The largest absolute Gasteiger partial charge is 0.340 e. The summed E-state index contributed by atoms with van der Waals surface area (Å²) in [6.45, 7) is 0.594. The van der Waals surface area contributed by atoms with Gasteiger partial charge in [-0.1, -0.05) is 42.5 Å². The Morgan fingerprint density at radius 3 is 2.67 bits per heavy atom. The van der Waals surface area contributed by atoms with Crippen LogP contribution in [0.25, 0.3) is 10.9 Å². The molecule has 0 radical (unpaired) electrons. The number of para-hydroxylation sites is 1. The Labute approximate surface area is 159 Å². The zero-order chi connectivity index (χ0) is 19.0. The van der Waals surface area contributed by atoms with Crippen molar-refractivity contribution >= 4 is 27.2 Å². The predicted octanol–water partition coefficient (Wildman–Crippen LogP) is 3.43. The molecule has 0 spiro atoms. The highest BCUT2D eigenvalue weighted by Crippen LogP contribution is 2.38. The molecular formula is C21H22N2O3S. The molecule has 0 bridgehead atoms. The van der Waals surface area contributed by atoms with Gasteiger partial charge in [0.25, 0.3) is 0 Å². The minimum atomic E-state index is -3.30. The molecule has 1 N–H and O–H groups in total. The van der Waals surface area contributed by atoms with Gasteiger partial charge in [-0.2, -0.15) is 0 Å². The number of hydrogen-bond acceptors (Lipinski definition) is 3. The fourth-order valence-corrected chi connectivity index (χ4v) is 4.93. The second kappa shape index (κ2) is 6.94. The Balaban J connectivity index is 1.89. The molecule has 27 heavy (non-hydrogen) atoms. The monoisotopic (exact) mass is 382 g/mol. The minimum Gasteiger partial charge on any atom is -0.340 e. The van der Waals surface area contributed by atoms with E-state index in [-0.39, 0.29) is 6.04 Å². The standard InChI is InChI=1S/C21H22N2O3S/c1-27(25,26)22-18-10-6-12-20-21(18)17-9-4-5-11-19(17)23(20)13-15-7-2-3-8-16(15)14-24/h2-5,7-9,11,14,18,22H,6,10,12-13H2,1H3. The molecule has 3 aromatic rings. The third-order valence-electron chi connectivity index (χ3n) is 5.24. The Morgan fingerprint density at radius 2 is 1.89 bits per heavy atom. The van der Waals surface area contributed by atoms with Crippen molar-refractivity contribution in [3.8, 4) is 0 Å². The number of fused-ring (bicyclic) bond motifs is 3. The lowest BCUT2D eigenvalue weighted by Gasteiger charge is -2.25. The highest BCUT2D eigenvalue weighted by atomic mass is 32.2. The van der Waals surface area contributed by atoms with Crippen LogP contribution < -0.4 is 4.72 Å². The van der Waals surface area contributed by atoms with Crippen molar-refractivity contribution in [2.75, 3.05) is 6.26 Å². The molecule has 0 fully saturated rings. The summed E-state index contributed by atoms with van der Waals surface area (Å²) in [4.78, 5) is 11.4. The van der Waals surface area contributed by atoms with Crippen LogP contribution in [0.1, 0.15) is 46.1 Å². The molecule has 0 aliphatic heterocycles. The highest BCUT2D eigenvalue weighted by Gasteiger charge is 2.29. The minimum absolute atomic E-state index is 0.212. The quantitative estimate of drug-likeness (QED) is 0.688. The van der Waals surface area contributed by atoms with Gasteiger partial charge in [0.2, 0.25) is 10.0 Å². The van der Waals surface area contributed by atoms with E-state index in [4.69, 9.17) is 0 Å². The van der Waals surface area contributed by atoms with Crippen molar-refractivity contribution < 1.29 is 13.2 Å². The van der Waals surface area contributed by atoms with Gasteiger partial charge in [-0.15, -0.1) is 0 Å². The zero-order valence-corrected chi connectivity index (χ0v) is 16.0. The number of nitrogens with zero attached hydrogens (tertiary/aromatic N) is 1. The summed E-state index contributed by atoms with van der Waals surface area (Å²) in [5, 5.41) is 1.08. The van der Waals surface area contributed by atoms with Crippen molar-refractivity contribution in [1.82, 2.24) is 9.29 Å². The van der Waals surface area contributed by atoms with E-state index >= 15 is 0 Å². The highest BCUT2D eigenvalue weighted by molar-refractivity contribution is 7.88. The molecule has 0 saturated heterocycles. The first kappa shape index (κ1) is 17.9. The van der Waals surface area contributed by atoms with Crippen LogP contribution in [-0.2, 0) is 23.0 Å². The number of aldehydes is 1. The van der Waals surface area contributed by atoms with Gasteiger partial charge in [-0.05, 0) is 36.5 Å². The Bertz CT molecular complexity index is 1120. The maximum absolute atomic E-state index is 11.9. The van der Waals surface area contributed by atoms with Gasteiger partial charge in [0.15, 0.2) is 0 Å². The first-order chi connectivity index (χ1) is 13.0. The van der Waals surface area contributed by atoms with Crippen molar-refractivity contribution in [3.05, 3.63) is 70.9 Å². The Morgan fingerprint density at radius 1 is 1.15 bits per heavy atom. The third kappa shape index (κ3) is 3.42. The first-order valence-electron chi connectivity index (χ1n) is 9.08. The summed E-state index contributed by atoms with van der Waals surface area (Å²) < 4.78 is 28.8. The maximum Gasteiger partial charge on any atom is 0.209 e. The molecule has 0 saturated carbocycles. The molecule has 5 nitrogen and oxygen atoms in total. The lowest BCUT2D eigenvalue weighted by Crippen LogP contribution is -2.30. The third-order valence-corrected chi connectivity index (χ3v) is 5.96. The second-order valence-electron chi connectivity index (χ2n) is 7.12. The number of sulfonamides is 1. The lowest BCUT2D eigenvalue weighted by atomic mass is 9.91. The number of carbonyl (C=O) groups is 1. The van der Waals surface area contributed by atoms with Crippen molar-refractivity contribution in [2.45, 2.75) is 31.8 Å². The molecule has 140 valence electrons. The number of nitrogens with one attached hydrogen (secondary N) is 1. The Kier molecular flexibility index (Phi) is 4.61. The van der Waals surface area contributed by atoms with Crippen LogP contribution in [0.15, 0.2) is 48.5 Å². The number of carbonyl (C=O) groups excluding carboxylic acids is 1. The Hall–Kier alpha value is -2.44. The second-order valence-corrected chi connectivity index (χ2v) is 8.90. The number of aromatic nitrogens is 1. The van der Waals surface area contributed by atoms with Crippen LogP contribution in [0.3, 0.4) is 0 Å². The van der Waals surface area contributed by atoms with Crippen LogP contribution in [0.2, 0.25) is 0 Å². The molecule has 2 aromatic carbocycles. The van der Waals surface area contributed by atoms with Gasteiger partial charge in [-0.3, -0.25) is 4.79 Å². The smallest absolute Gasteiger partial charge is 0.209 e. The van der Waals surface area contributed by atoms with Gasteiger partial charge >= 0.3 is 0 Å². The summed E-state index contributed by atoms with van der Waals surface area (Å²) in [5.74, 6) is 0. The topological polar surface area (TPSA) is 68.2 Å². The van der Waals surface area contributed by atoms with Crippen LogP contribution in [0.4, 0.5) is 0 Å². The van der Waals surface area contributed by atoms with Gasteiger partial charge in [0.05, 0.1) is 6.26 Å². The molecule has 1 heterocycles. The summed E-state index contributed by atoms with van der Waals surface area (Å²) in [5.41, 5.74) is 4.96. The summed E-state index contributed by atoms with van der Waals surface area (Å²) in [6, 6.07) is 15.5. The average molecular weight is 382 g/mol. The van der Waals surface area contributed by atoms with Crippen molar-refractivity contribution in [1.29, 1.82) is 0 Å². The molecule has 0 amide bonds. The van der Waals surface area contributed by atoms with Crippen LogP contribution in [-0.4, -0.2) is 25.5 Å². The first-order valence-corrected chi connectivity index (χ1v) is 11.0.